The van der Waals surface area contributed by atoms with Crippen LogP contribution in [0, 0.1) is 6.92 Å². The minimum Gasteiger partial charge on any atom is -0.383 e. The number of carbonyl (C=O) groups is 2. The van der Waals surface area contributed by atoms with Gasteiger partial charge in [0.05, 0.1) is 11.5 Å². The van der Waals surface area contributed by atoms with Crippen LogP contribution >= 0.6 is 11.6 Å². The minimum atomic E-state index is -0.767. The number of halogens is 1. The Labute approximate surface area is 167 Å². The van der Waals surface area contributed by atoms with Gasteiger partial charge in [-0.3, -0.25) is 9.59 Å². The predicted molar refractivity (Wildman–Crippen MR) is 109 cm³/mol. The number of amides is 2. The maximum Gasteiger partial charge on any atom is 0.232 e. The van der Waals surface area contributed by atoms with E-state index in [1.807, 2.05) is 17.9 Å². The van der Waals surface area contributed by atoms with Gasteiger partial charge in [0.2, 0.25) is 17.8 Å². The Morgan fingerprint density at radius 1 is 1.32 bits per heavy atom. The molecule has 1 aromatic heterocycles. The highest BCUT2D eigenvalue weighted by Gasteiger charge is 2.35. The molecular formula is C19H21ClN6O2. The quantitative estimate of drug-likeness (QED) is 0.730. The third-order valence-corrected chi connectivity index (χ3v) is 5.51. The third-order valence-electron chi connectivity index (χ3n) is 5.10. The Bertz CT molecular complexity index is 958. The molecule has 4 N–H and O–H groups in total. The number of nitrogens with one attached hydrogen (secondary N) is 2. The SMILES string of the molecule is Cc1ccc(NC(=O)C2CC(=O)Nc3nc(N4CCCC4)nc(N)c32)cc1Cl. The molecule has 1 fully saturated rings. The number of nitrogens with two attached hydrogens (primary N) is 1. The van der Waals surface area contributed by atoms with Crippen LogP contribution < -0.4 is 21.3 Å². The highest BCUT2D eigenvalue weighted by atomic mass is 35.5. The second kappa shape index (κ2) is 7.27. The van der Waals surface area contributed by atoms with Crippen LogP contribution in [0.4, 0.5) is 23.3 Å². The molecule has 146 valence electrons. The molecule has 2 aromatic rings. The Morgan fingerprint density at radius 3 is 2.79 bits per heavy atom. The Kier molecular flexibility index (Phi) is 4.80. The first-order valence-electron chi connectivity index (χ1n) is 9.21. The highest BCUT2D eigenvalue weighted by molar-refractivity contribution is 6.31. The smallest absolute Gasteiger partial charge is 0.232 e. The predicted octanol–water partition coefficient (Wildman–Crippen LogP) is 2.69. The van der Waals surface area contributed by atoms with Crippen LogP contribution in [0.5, 0.6) is 0 Å². The summed E-state index contributed by atoms with van der Waals surface area (Å²) < 4.78 is 0. The zero-order valence-corrected chi connectivity index (χ0v) is 16.2. The van der Waals surface area contributed by atoms with Gasteiger partial charge in [-0.15, -0.1) is 0 Å². The van der Waals surface area contributed by atoms with E-state index in [1.54, 1.807) is 12.1 Å². The van der Waals surface area contributed by atoms with Gasteiger partial charge in [-0.2, -0.15) is 9.97 Å². The number of rotatable bonds is 3. The molecule has 1 aromatic carbocycles. The van der Waals surface area contributed by atoms with E-state index in [9.17, 15) is 9.59 Å². The molecule has 1 unspecified atom stereocenters. The van der Waals surface area contributed by atoms with Gasteiger partial charge >= 0.3 is 0 Å². The van der Waals surface area contributed by atoms with Gasteiger partial charge in [-0.05, 0) is 37.5 Å². The molecule has 4 rings (SSSR count). The molecule has 0 radical (unpaired) electrons. The van der Waals surface area contributed by atoms with Crippen molar-refractivity contribution in [3.05, 3.63) is 34.3 Å². The molecule has 1 saturated heterocycles. The number of aromatic nitrogens is 2. The van der Waals surface area contributed by atoms with Crippen LogP contribution in [-0.2, 0) is 9.59 Å². The molecule has 0 saturated carbocycles. The second-order valence-corrected chi connectivity index (χ2v) is 7.53. The van der Waals surface area contributed by atoms with E-state index in [0.29, 0.717) is 28.0 Å². The van der Waals surface area contributed by atoms with Gasteiger partial charge in [-0.1, -0.05) is 17.7 Å². The van der Waals surface area contributed by atoms with Crippen molar-refractivity contribution in [3.63, 3.8) is 0 Å². The van der Waals surface area contributed by atoms with Gasteiger partial charge in [-0.25, -0.2) is 0 Å². The molecule has 2 aliphatic heterocycles. The number of nitrogen functional groups attached to an aromatic ring is 1. The van der Waals surface area contributed by atoms with E-state index in [4.69, 9.17) is 17.3 Å². The van der Waals surface area contributed by atoms with E-state index in [0.717, 1.165) is 31.5 Å². The lowest BCUT2D eigenvalue weighted by atomic mass is 9.92. The van der Waals surface area contributed by atoms with Crippen LogP contribution in [0.15, 0.2) is 18.2 Å². The summed E-state index contributed by atoms with van der Waals surface area (Å²) in [5.74, 6) is -0.376. The van der Waals surface area contributed by atoms with Crippen molar-refractivity contribution in [1.29, 1.82) is 0 Å². The maximum atomic E-state index is 12.9. The number of hydrogen-bond acceptors (Lipinski definition) is 6. The van der Waals surface area contributed by atoms with Crippen molar-refractivity contribution in [2.45, 2.75) is 32.1 Å². The zero-order valence-electron chi connectivity index (χ0n) is 15.5. The summed E-state index contributed by atoms with van der Waals surface area (Å²) >= 11 is 6.13. The third kappa shape index (κ3) is 3.47. The molecule has 0 bridgehead atoms. The Balaban J connectivity index is 1.64. The van der Waals surface area contributed by atoms with E-state index < -0.39 is 5.92 Å². The molecule has 28 heavy (non-hydrogen) atoms. The number of benzene rings is 1. The van der Waals surface area contributed by atoms with Crippen molar-refractivity contribution in [2.24, 2.45) is 0 Å². The van der Waals surface area contributed by atoms with Crippen LogP contribution in [0.1, 0.15) is 36.3 Å². The fourth-order valence-corrected chi connectivity index (χ4v) is 3.75. The average Bonchev–Trinajstić information content (AvgIpc) is 3.18. The second-order valence-electron chi connectivity index (χ2n) is 7.12. The van der Waals surface area contributed by atoms with E-state index >= 15 is 0 Å². The van der Waals surface area contributed by atoms with Gasteiger partial charge in [0.15, 0.2) is 0 Å². The zero-order chi connectivity index (χ0) is 19.8. The van der Waals surface area contributed by atoms with Crippen molar-refractivity contribution in [2.75, 3.05) is 34.4 Å². The van der Waals surface area contributed by atoms with Crippen LogP contribution in [0.2, 0.25) is 5.02 Å². The fraction of sp³-hybridized carbons (Fsp3) is 0.368. The monoisotopic (exact) mass is 400 g/mol. The normalized spacial score (nSPS) is 18.6. The first-order valence-corrected chi connectivity index (χ1v) is 9.59. The number of carbonyl (C=O) groups excluding carboxylic acids is 2. The largest absolute Gasteiger partial charge is 0.383 e. The molecule has 0 aliphatic carbocycles. The van der Waals surface area contributed by atoms with Crippen molar-refractivity contribution < 1.29 is 9.59 Å². The van der Waals surface area contributed by atoms with Crippen molar-refractivity contribution in [3.8, 4) is 0 Å². The lowest BCUT2D eigenvalue weighted by Gasteiger charge is -2.26. The van der Waals surface area contributed by atoms with Crippen LogP contribution in [0.25, 0.3) is 0 Å². The van der Waals surface area contributed by atoms with Crippen LogP contribution in [-0.4, -0.2) is 34.9 Å². The molecule has 0 spiro atoms. The molecule has 2 aliphatic rings. The lowest BCUT2D eigenvalue weighted by Crippen LogP contribution is -2.33. The molecule has 8 nitrogen and oxygen atoms in total. The highest BCUT2D eigenvalue weighted by Crippen LogP contribution is 2.37. The van der Waals surface area contributed by atoms with Gasteiger partial charge < -0.3 is 21.3 Å². The summed E-state index contributed by atoms with van der Waals surface area (Å²) in [6, 6.07) is 5.26. The Hall–Kier alpha value is -2.87. The van der Waals surface area contributed by atoms with Gasteiger partial charge in [0, 0.05) is 30.2 Å². The average molecular weight is 401 g/mol. The van der Waals surface area contributed by atoms with E-state index in [1.165, 1.54) is 0 Å². The van der Waals surface area contributed by atoms with Gasteiger partial charge in [0.25, 0.3) is 0 Å². The van der Waals surface area contributed by atoms with Crippen molar-refractivity contribution in [1.82, 2.24) is 9.97 Å². The number of fused-ring (bicyclic) bond motifs is 1. The topological polar surface area (TPSA) is 113 Å². The summed E-state index contributed by atoms with van der Waals surface area (Å²) in [6.07, 6.45) is 2.11. The van der Waals surface area contributed by atoms with E-state index in [2.05, 4.69) is 20.6 Å². The first kappa shape index (κ1) is 18.5. The number of hydrogen-bond donors (Lipinski definition) is 3. The lowest BCUT2D eigenvalue weighted by molar-refractivity contribution is -0.123. The fourth-order valence-electron chi connectivity index (χ4n) is 3.57. The minimum absolute atomic E-state index is 0.0188. The molecule has 3 heterocycles. The summed E-state index contributed by atoms with van der Waals surface area (Å²) in [4.78, 5) is 36.0. The summed E-state index contributed by atoms with van der Waals surface area (Å²) in [6.45, 7) is 3.58. The maximum absolute atomic E-state index is 12.9. The standard InChI is InChI=1S/C19H21ClN6O2/c1-10-4-5-11(8-13(10)20)22-18(28)12-9-14(27)23-17-15(12)16(21)24-19(25-17)26-6-2-3-7-26/h4-5,8,12H,2-3,6-7,9H2,1H3,(H,22,28)(H3,21,23,24,25,27). The van der Waals surface area contributed by atoms with E-state index in [-0.39, 0.29) is 24.1 Å². The molecular weight excluding hydrogens is 380 g/mol. The first-order chi connectivity index (χ1) is 13.4. The summed E-state index contributed by atoms with van der Waals surface area (Å²) in [5.41, 5.74) is 8.12. The summed E-state index contributed by atoms with van der Waals surface area (Å²) in [5, 5.41) is 6.10. The van der Waals surface area contributed by atoms with Crippen LogP contribution in [0.3, 0.4) is 0 Å². The number of aryl methyl sites for hydroxylation is 1. The molecule has 9 heteroatoms. The van der Waals surface area contributed by atoms with Crippen molar-refractivity contribution >= 4 is 46.7 Å². The Morgan fingerprint density at radius 2 is 2.07 bits per heavy atom. The molecule has 2 amide bonds. The summed E-state index contributed by atoms with van der Waals surface area (Å²) in [7, 11) is 0. The number of anilines is 4. The molecule has 1 atom stereocenters. The number of nitrogens with zero attached hydrogens (tertiary/aromatic N) is 3. The van der Waals surface area contributed by atoms with Gasteiger partial charge in [0.1, 0.15) is 11.6 Å².